The SMILES string of the molecule is CCOC(=O)[C@H](Nc1ccc(OC)cc1)[C@H](N=C(c1ccccc1)c1ccccc1N=C([O-])[C@@H]1CCCN1Cc1ccccc1)C(=O)[O-].[Ni+2]. The molecule has 0 saturated carbocycles. The molecular weight excluding hydrogens is 667 g/mol. The summed E-state index contributed by atoms with van der Waals surface area (Å²) in [6.45, 7) is 3.08. The van der Waals surface area contributed by atoms with Crippen LogP contribution in [0.3, 0.4) is 0 Å². The molecule has 4 aromatic rings. The van der Waals surface area contributed by atoms with Gasteiger partial charge in [0.15, 0.2) is 6.04 Å². The Balaban J connectivity index is 0.00000541. The van der Waals surface area contributed by atoms with Crippen LogP contribution in [0.25, 0.3) is 0 Å². The molecule has 4 aromatic carbocycles. The van der Waals surface area contributed by atoms with E-state index in [0.717, 1.165) is 18.5 Å². The molecule has 1 heterocycles. The number of methoxy groups -OCH3 is 1. The first-order valence-corrected chi connectivity index (χ1v) is 15.9. The van der Waals surface area contributed by atoms with Crippen molar-refractivity contribution in [1.82, 2.24) is 4.90 Å². The fraction of sp³-hybridized carbons (Fsp3) is 0.263. The van der Waals surface area contributed by atoms with Gasteiger partial charge in [-0.25, -0.2) is 4.79 Å². The fourth-order valence-corrected chi connectivity index (χ4v) is 5.74. The molecule has 0 spiro atoms. The first kappa shape index (κ1) is 36.8. The molecule has 3 atom stereocenters. The van der Waals surface area contributed by atoms with Crippen LogP contribution in [0.15, 0.2) is 119 Å². The Bertz CT molecular complexity index is 1730. The molecule has 0 bridgehead atoms. The van der Waals surface area contributed by atoms with Crippen molar-refractivity contribution in [2.45, 2.75) is 44.4 Å². The van der Waals surface area contributed by atoms with Crippen molar-refractivity contribution in [2.75, 3.05) is 25.6 Å². The summed E-state index contributed by atoms with van der Waals surface area (Å²) in [5.74, 6) is -2.10. The zero-order chi connectivity index (χ0) is 33.9. The Labute approximate surface area is 296 Å². The maximum absolute atomic E-state index is 13.7. The summed E-state index contributed by atoms with van der Waals surface area (Å²) in [6, 6.07) is 29.0. The van der Waals surface area contributed by atoms with Gasteiger partial charge in [-0.15, -0.1) is 0 Å². The summed E-state index contributed by atoms with van der Waals surface area (Å²) in [5, 5.41) is 29.5. The number of aliphatic imine (C=N–C) groups is 2. The van der Waals surface area contributed by atoms with Crippen molar-refractivity contribution in [2.24, 2.45) is 9.98 Å². The molecule has 10 nitrogen and oxygen atoms in total. The van der Waals surface area contributed by atoms with E-state index in [1.165, 1.54) is 7.11 Å². The van der Waals surface area contributed by atoms with Crippen LogP contribution in [-0.2, 0) is 37.4 Å². The quantitative estimate of drug-likeness (QED) is 0.0907. The van der Waals surface area contributed by atoms with Gasteiger partial charge in [-0.2, -0.15) is 0 Å². The molecule has 256 valence electrons. The van der Waals surface area contributed by atoms with Crippen molar-refractivity contribution in [3.63, 3.8) is 0 Å². The second kappa shape index (κ2) is 18.0. The Hall–Kier alpha value is -4.99. The third-order valence-corrected chi connectivity index (χ3v) is 8.09. The van der Waals surface area contributed by atoms with Crippen molar-refractivity contribution in [1.29, 1.82) is 0 Å². The van der Waals surface area contributed by atoms with Crippen LogP contribution in [0.1, 0.15) is 36.5 Å². The second-order valence-electron chi connectivity index (χ2n) is 11.3. The number of carboxylic acids is 1. The fourth-order valence-electron chi connectivity index (χ4n) is 5.74. The van der Waals surface area contributed by atoms with E-state index in [2.05, 4.69) is 20.2 Å². The van der Waals surface area contributed by atoms with Gasteiger partial charge in [-0.3, -0.25) is 14.9 Å². The maximum Gasteiger partial charge on any atom is 2.00 e. The summed E-state index contributed by atoms with van der Waals surface area (Å²) < 4.78 is 10.5. The van der Waals surface area contributed by atoms with E-state index in [4.69, 9.17) is 9.47 Å². The van der Waals surface area contributed by atoms with Crippen LogP contribution in [0.4, 0.5) is 11.4 Å². The van der Waals surface area contributed by atoms with E-state index in [9.17, 15) is 19.8 Å². The molecule has 5 rings (SSSR count). The number of hydrogen-bond acceptors (Lipinski definition) is 10. The van der Waals surface area contributed by atoms with E-state index >= 15 is 0 Å². The molecule has 0 radical (unpaired) electrons. The normalized spacial score (nSPS) is 16.2. The number of aliphatic carboxylic acids is 1. The molecule has 0 unspecified atom stereocenters. The summed E-state index contributed by atoms with van der Waals surface area (Å²) >= 11 is 0. The first-order valence-electron chi connectivity index (χ1n) is 15.9. The number of carbonyl (C=O) groups excluding carboxylic acids is 2. The van der Waals surface area contributed by atoms with E-state index in [0.29, 0.717) is 41.2 Å². The van der Waals surface area contributed by atoms with Gasteiger partial charge in [-0.05, 0) is 68.1 Å². The van der Waals surface area contributed by atoms with Crippen molar-refractivity contribution >= 4 is 34.9 Å². The van der Waals surface area contributed by atoms with Gasteiger partial charge in [0.1, 0.15) is 11.8 Å². The van der Waals surface area contributed by atoms with Crippen LogP contribution < -0.4 is 20.3 Å². The predicted octanol–water partition coefficient (Wildman–Crippen LogP) is 3.75. The van der Waals surface area contributed by atoms with Crippen LogP contribution >= 0.6 is 0 Å². The molecule has 1 fully saturated rings. The van der Waals surface area contributed by atoms with Crippen LogP contribution in [-0.4, -0.2) is 66.8 Å². The van der Waals surface area contributed by atoms with Crippen LogP contribution in [0.5, 0.6) is 5.75 Å². The minimum atomic E-state index is -1.72. The van der Waals surface area contributed by atoms with Crippen LogP contribution in [0, 0.1) is 0 Å². The molecule has 1 saturated heterocycles. The molecule has 0 aromatic heterocycles. The monoisotopic (exact) mass is 704 g/mol. The zero-order valence-electron chi connectivity index (χ0n) is 27.3. The van der Waals surface area contributed by atoms with Crippen molar-refractivity contribution in [3.05, 3.63) is 126 Å². The second-order valence-corrected chi connectivity index (χ2v) is 11.3. The molecule has 1 aliphatic heterocycles. The smallest absolute Gasteiger partial charge is 0.861 e. The molecule has 1 N–H and O–H groups in total. The largest absolute Gasteiger partial charge is 2.00 e. The third kappa shape index (κ3) is 9.56. The zero-order valence-corrected chi connectivity index (χ0v) is 28.3. The number of esters is 1. The number of benzene rings is 4. The van der Waals surface area contributed by atoms with E-state index in [-0.39, 0.29) is 34.7 Å². The van der Waals surface area contributed by atoms with Gasteiger partial charge in [-0.1, -0.05) is 78.9 Å². The third-order valence-electron chi connectivity index (χ3n) is 8.09. The number of carbonyl (C=O) groups is 2. The number of carboxylic acid groups (broad SMARTS) is 1. The summed E-state index contributed by atoms with van der Waals surface area (Å²) in [6.07, 6.45) is 1.56. The number of para-hydroxylation sites is 1. The van der Waals surface area contributed by atoms with Gasteiger partial charge in [0.05, 0.1) is 31.1 Å². The predicted molar refractivity (Wildman–Crippen MR) is 181 cm³/mol. The Kier molecular flexibility index (Phi) is 13.5. The molecular formula is C38H38N4NiO6. The molecule has 49 heavy (non-hydrogen) atoms. The Morgan fingerprint density at radius 3 is 2.22 bits per heavy atom. The average Bonchev–Trinajstić information content (AvgIpc) is 3.58. The molecule has 1 aliphatic rings. The summed E-state index contributed by atoms with van der Waals surface area (Å²) in [5.41, 5.74) is 3.14. The van der Waals surface area contributed by atoms with Crippen molar-refractivity contribution in [3.8, 4) is 5.75 Å². The summed E-state index contributed by atoms with van der Waals surface area (Å²) in [7, 11) is 1.53. The standard InChI is InChI=1S/C38H40N4O6.Ni/c1-3-48-38(46)35(39-28-20-22-29(47-2)23-21-28)34(37(44)45)41-33(27-15-8-5-9-16-27)30-17-10-11-18-31(30)40-36(43)32-19-12-24-42(32)25-26-13-6-4-7-14-26;/h4-11,13-18,20-23,32,34-35,39H,3,12,19,24-25H2,1-2H3,(H,40,43)(H,44,45);/q;+2/p-2/t32-,34-,35+;/m0./s1. The minimum absolute atomic E-state index is 0. The number of rotatable bonds is 14. The van der Waals surface area contributed by atoms with Crippen LogP contribution in [0.2, 0.25) is 0 Å². The number of nitrogens with zero attached hydrogens (tertiary/aromatic N) is 3. The number of nitrogens with one attached hydrogen (secondary N) is 1. The van der Waals surface area contributed by atoms with Gasteiger partial charge < -0.3 is 29.8 Å². The van der Waals surface area contributed by atoms with Gasteiger partial charge in [0.25, 0.3) is 0 Å². The molecule has 11 heteroatoms. The van der Waals surface area contributed by atoms with Gasteiger partial charge in [0, 0.05) is 29.4 Å². The Morgan fingerprint density at radius 2 is 1.57 bits per heavy atom. The number of ether oxygens (including phenoxy) is 2. The van der Waals surface area contributed by atoms with E-state index < -0.39 is 30.1 Å². The van der Waals surface area contributed by atoms with Crippen molar-refractivity contribution < 1.29 is 45.8 Å². The number of likely N-dealkylation sites (tertiary alicyclic amines) is 1. The van der Waals surface area contributed by atoms with E-state index in [1.54, 1.807) is 79.7 Å². The first-order chi connectivity index (χ1) is 23.4. The van der Waals surface area contributed by atoms with Gasteiger partial charge >= 0.3 is 22.5 Å². The maximum atomic E-state index is 13.7. The van der Waals surface area contributed by atoms with Gasteiger partial charge in [0.2, 0.25) is 0 Å². The number of anilines is 1. The molecule has 0 aliphatic carbocycles. The summed E-state index contributed by atoms with van der Waals surface area (Å²) in [4.78, 5) is 37.4. The topological polar surface area (TPSA) is 139 Å². The average molecular weight is 705 g/mol. The molecule has 0 amide bonds. The van der Waals surface area contributed by atoms with E-state index in [1.807, 2.05) is 36.4 Å². The Morgan fingerprint density at radius 1 is 0.918 bits per heavy atom. The number of hydrogen-bond donors (Lipinski definition) is 1. The minimum Gasteiger partial charge on any atom is -0.861 e.